The van der Waals surface area contributed by atoms with Crippen LogP contribution in [0.4, 0.5) is 0 Å². The number of hydrogen-bond donors (Lipinski definition) is 3. The third kappa shape index (κ3) is 2.70. The summed E-state index contributed by atoms with van der Waals surface area (Å²) in [5.74, 6) is 0.299. The fourth-order valence-electron chi connectivity index (χ4n) is 2.06. The first-order chi connectivity index (χ1) is 7.10. The minimum absolute atomic E-state index is 0.149. The van der Waals surface area contributed by atoms with E-state index >= 15 is 0 Å². The van der Waals surface area contributed by atoms with Crippen molar-refractivity contribution in [3.63, 3.8) is 0 Å². The Kier molecular flexibility index (Phi) is 4.12. The molecule has 1 aromatic carbocycles. The lowest BCUT2D eigenvalue weighted by atomic mass is 9.94. The number of aryl methyl sites for hydroxylation is 2. The van der Waals surface area contributed by atoms with Crippen molar-refractivity contribution in [2.75, 3.05) is 13.7 Å². The van der Waals surface area contributed by atoms with E-state index in [-0.39, 0.29) is 12.6 Å². The number of benzene rings is 1. The summed E-state index contributed by atoms with van der Waals surface area (Å²) in [5.41, 5.74) is 3.28. The maximum Gasteiger partial charge on any atom is 0.116 e. The Morgan fingerprint density at radius 3 is 2.20 bits per heavy atom. The number of aromatic hydroxyl groups is 1. The molecule has 1 rings (SSSR count). The second-order valence-electron chi connectivity index (χ2n) is 3.85. The van der Waals surface area contributed by atoms with E-state index in [0.717, 1.165) is 11.1 Å². The van der Waals surface area contributed by atoms with Crippen molar-refractivity contribution >= 4 is 0 Å². The molecule has 15 heavy (non-hydrogen) atoms. The van der Waals surface area contributed by atoms with Gasteiger partial charge in [0.1, 0.15) is 5.75 Å². The molecule has 3 N–H and O–H groups in total. The number of hydrogen-bond acceptors (Lipinski definition) is 3. The van der Waals surface area contributed by atoms with Gasteiger partial charge in [0.05, 0.1) is 0 Å². The Bertz CT molecular complexity index is 313. The van der Waals surface area contributed by atoms with Crippen LogP contribution in [0.5, 0.6) is 5.75 Å². The molecule has 0 saturated heterocycles. The van der Waals surface area contributed by atoms with E-state index in [9.17, 15) is 5.11 Å². The Hall–Kier alpha value is -1.06. The van der Waals surface area contributed by atoms with Crippen LogP contribution in [0, 0.1) is 13.8 Å². The molecule has 0 aliphatic heterocycles. The third-order valence-corrected chi connectivity index (χ3v) is 2.69. The third-order valence-electron chi connectivity index (χ3n) is 2.69. The number of rotatable bonds is 4. The van der Waals surface area contributed by atoms with Crippen molar-refractivity contribution in [3.8, 4) is 5.75 Å². The number of aliphatic hydroxyl groups is 1. The quantitative estimate of drug-likeness (QED) is 0.706. The molecule has 1 atom stereocenters. The molecule has 0 saturated carbocycles. The van der Waals surface area contributed by atoms with Gasteiger partial charge in [0.2, 0.25) is 0 Å². The van der Waals surface area contributed by atoms with E-state index in [1.54, 1.807) is 12.1 Å². The largest absolute Gasteiger partial charge is 0.508 e. The average Bonchev–Trinajstić information content (AvgIpc) is 2.14. The van der Waals surface area contributed by atoms with Crippen LogP contribution in [0.15, 0.2) is 12.1 Å². The zero-order valence-electron chi connectivity index (χ0n) is 9.54. The topological polar surface area (TPSA) is 52.5 Å². The van der Waals surface area contributed by atoms with Crippen molar-refractivity contribution in [2.24, 2.45) is 0 Å². The molecule has 3 nitrogen and oxygen atoms in total. The fraction of sp³-hybridized carbons (Fsp3) is 0.500. The summed E-state index contributed by atoms with van der Waals surface area (Å²) in [5, 5.41) is 21.6. The van der Waals surface area contributed by atoms with Gasteiger partial charge in [-0.05, 0) is 56.1 Å². The molecule has 0 bridgehead atoms. The molecule has 84 valence electrons. The van der Waals surface area contributed by atoms with Crippen LogP contribution in [-0.4, -0.2) is 23.9 Å². The Morgan fingerprint density at radius 2 is 1.80 bits per heavy atom. The second kappa shape index (κ2) is 5.14. The highest BCUT2D eigenvalue weighted by atomic mass is 16.3. The van der Waals surface area contributed by atoms with E-state index in [1.165, 1.54) is 5.56 Å². The van der Waals surface area contributed by atoms with Crippen LogP contribution in [0.1, 0.15) is 29.2 Å². The van der Waals surface area contributed by atoms with Gasteiger partial charge in [0.15, 0.2) is 0 Å². The van der Waals surface area contributed by atoms with E-state index < -0.39 is 0 Å². The van der Waals surface area contributed by atoms with Gasteiger partial charge in [-0.1, -0.05) is 0 Å². The van der Waals surface area contributed by atoms with Crippen molar-refractivity contribution < 1.29 is 10.2 Å². The molecular weight excluding hydrogens is 190 g/mol. The average molecular weight is 209 g/mol. The summed E-state index contributed by atoms with van der Waals surface area (Å²) in [6, 6.07) is 3.66. The number of phenolic OH excluding ortho intramolecular Hbond substituents is 1. The monoisotopic (exact) mass is 209 g/mol. The van der Waals surface area contributed by atoms with Gasteiger partial charge in [-0.25, -0.2) is 0 Å². The maximum atomic E-state index is 9.43. The molecule has 1 unspecified atom stereocenters. The molecule has 3 heteroatoms. The lowest BCUT2D eigenvalue weighted by molar-refractivity contribution is 0.268. The number of nitrogens with one attached hydrogen (secondary N) is 1. The van der Waals surface area contributed by atoms with Gasteiger partial charge in [-0.15, -0.1) is 0 Å². The van der Waals surface area contributed by atoms with Crippen molar-refractivity contribution in [2.45, 2.75) is 26.3 Å². The predicted octanol–water partition coefficient (Wildman–Crippen LogP) is 1.65. The van der Waals surface area contributed by atoms with Crippen LogP contribution in [0.25, 0.3) is 0 Å². The van der Waals surface area contributed by atoms with Crippen LogP contribution in [0.2, 0.25) is 0 Å². The Balaban J connectivity index is 3.11. The molecular formula is C12H19NO2. The van der Waals surface area contributed by atoms with Crippen molar-refractivity contribution in [1.82, 2.24) is 5.32 Å². The van der Waals surface area contributed by atoms with Crippen molar-refractivity contribution in [3.05, 3.63) is 28.8 Å². The molecule has 0 radical (unpaired) electrons. The molecule has 1 aromatic rings. The first-order valence-electron chi connectivity index (χ1n) is 5.18. The summed E-state index contributed by atoms with van der Waals surface area (Å²) >= 11 is 0. The van der Waals surface area contributed by atoms with Gasteiger partial charge in [-0.2, -0.15) is 0 Å². The minimum atomic E-state index is 0.149. The van der Waals surface area contributed by atoms with Gasteiger partial charge < -0.3 is 15.5 Å². The highest BCUT2D eigenvalue weighted by molar-refractivity contribution is 5.42. The summed E-state index contributed by atoms with van der Waals surface area (Å²) in [7, 11) is 1.88. The first-order valence-corrected chi connectivity index (χ1v) is 5.18. The van der Waals surface area contributed by atoms with Crippen LogP contribution in [0.3, 0.4) is 0 Å². The SMILES string of the molecule is CNC(CCO)c1c(C)cc(O)cc1C. The smallest absolute Gasteiger partial charge is 0.116 e. The zero-order valence-corrected chi connectivity index (χ0v) is 9.54. The molecule has 0 fully saturated rings. The highest BCUT2D eigenvalue weighted by Crippen LogP contribution is 2.27. The molecule has 0 aromatic heterocycles. The second-order valence-corrected chi connectivity index (χ2v) is 3.85. The Morgan fingerprint density at radius 1 is 1.27 bits per heavy atom. The van der Waals surface area contributed by atoms with E-state index in [1.807, 2.05) is 20.9 Å². The molecule has 0 aliphatic rings. The lowest BCUT2D eigenvalue weighted by Gasteiger charge is -2.20. The van der Waals surface area contributed by atoms with E-state index in [0.29, 0.717) is 12.2 Å². The number of aliphatic hydroxyl groups excluding tert-OH is 1. The standard InChI is InChI=1S/C12H19NO2/c1-8-6-10(15)7-9(2)12(8)11(13-3)4-5-14/h6-7,11,13-15H,4-5H2,1-3H3. The molecule has 0 heterocycles. The molecule has 0 spiro atoms. The van der Waals surface area contributed by atoms with Gasteiger partial charge in [0, 0.05) is 12.6 Å². The predicted molar refractivity (Wildman–Crippen MR) is 61.1 cm³/mol. The zero-order chi connectivity index (χ0) is 11.4. The molecule has 0 amide bonds. The Labute approximate surface area is 90.8 Å². The normalized spacial score (nSPS) is 12.8. The van der Waals surface area contributed by atoms with E-state index in [2.05, 4.69) is 5.32 Å². The molecule has 0 aliphatic carbocycles. The lowest BCUT2D eigenvalue weighted by Crippen LogP contribution is -2.19. The number of phenols is 1. The minimum Gasteiger partial charge on any atom is -0.508 e. The van der Waals surface area contributed by atoms with Gasteiger partial charge >= 0.3 is 0 Å². The van der Waals surface area contributed by atoms with Crippen LogP contribution in [-0.2, 0) is 0 Å². The first kappa shape index (κ1) is 12.0. The summed E-state index contributed by atoms with van der Waals surface area (Å²) in [6.07, 6.45) is 0.683. The van der Waals surface area contributed by atoms with Crippen LogP contribution < -0.4 is 5.32 Å². The fourth-order valence-corrected chi connectivity index (χ4v) is 2.06. The van der Waals surface area contributed by atoms with Gasteiger partial charge in [-0.3, -0.25) is 0 Å². The summed E-state index contributed by atoms with van der Waals surface area (Å²) in [4.78, 5) is 0. The highest BCUT2D eigenvalue weighted by Gasteiger charge is 2.14. The maximum absolute atomic E-state index is 9.43. The van der Waals surface area contributed by atoms with Crippen LogP contribution >= 0.6 is 0 Å². The van der Waals surface area contributed by atoms with Gasteiger partial charge in [0.25, 0.3) is 0 Å². The van der Waals surface area contributed by atoms with Crippen molar-refractivity contribution in [1.29, 1.82) is 0 Å². The summed E-state index contributed by atoms with van der Waals surface area (Å²) < 4.78 is 0. The van der Waals surface area contributed by atoms with E-state index in [4.69, 9.17) is 5.11 Å². The summed E-state index contributed by atoms with van der Waals surface area (Å²) in [6.45, 7) is 4.11.